The fourth-order valence-corrected chi connectivity index (χ4v) is 6.54. The first-order valence-corrected chi connectivity index (χ1v) is 18.9. The summed E-state index contributed by atoms with van der Waals surface area (Å²) in [6.07, 6.45) is 6.63. The van der Waals surface area contributed by atoms with Crippen LogP contribution in [0, 0.1) is 0 Å². The molecule has 45 heavy (non-hydrogen) atoms. The number of aliphatic carboxylic acids is 1. The van der Waals surface area contributed by atoms with Crippen molar-refractivity contribution in [3.05, 3.63) is 82.1 Å². The predicted octanol–water partition coefficient (Wildman–Crippen LogP) is 5.78. The van der Waals surface area contributed by atoms with E-state index in [1.807, 2.05) is 28.7 Å². The summed E-state index contributed by atoms with van der Waals surface area (Å²) in [5.74, 6) is 0.281. The number of hydrogen-bond acceptors (Lipinski definition) is 7. The largest absolute Gasteiger partial charge is 0.478 e. The van der Waals surface area contributed by atoms with E-state index in [2.05, 4.69) is 43.8 Å². The summed E-state index contributed by atoms with van der Waals surface area (Å²) in [6, 6.07) is 6.68. The fourth-order valence-electron chi connectivity index (χ4n) is 5.79. The monoisotopic (exact) mass is 635 g/mol. The number of nitrogens with zero attached hydrogens (tertiary/aromatic N) is 2. The summed E-state index contributed by atoms with van der Waals surface area (Å²) >= 11 is 0. The number of hydrogen-bond donors (Lipinski definition) is 3. The minimum atomic E-state index is -1.45. The second kappa shape index (κ2) is 12.6. The third kappa shape index (κ3) is 7.56. The molecule has 2 atom stereocenters. The zero-order valence-corrected chi connectivity index (χ0v) is 28.5. The zero-order chi connectivity index (χ0) is 33.4. The highest BCUT2D eigenvalue weighted by atomic mass is 28.3. The highest BCUT2D eigenvalue weighted by molar-refractivity contribution is 6.76. The van der Waals surface area contributed by atoms with Gasteiger partial charge in [-0.25, -0.2) is 19.4 Å². The number of carboxylic acids is 1. The molecule has 1 aromatic heterocycles. The lowest BCUT2D eigenvalue weighted by molar-refractivity contribution is -0.132. The van der Waals surface area contributed by atoms with Gasteiger partial charge >= 0.3 is 12.1 Å². The Morgan fingerprint density at radius 2 is 1.89 bits per heavy atom. The topological polar surface area (TPSA) is 140 Å². The molecule has 0 bridgehead atoms. The Bertz CT molecular complexity index is 1590. The Hall–Kier alpha value is -3.76. The van der Waals surface area contributed by atoms with Crippen molar-refractivity contribution >= 4 is 26.1 Å². The van der Waals surface area contributed by atoms with Gasteiger partial charge in [0.25, 0.3) is 0 Å². The summed E-state index contributed by atoms with van der Waals surface area (Å²) in [4.78, 5) is 41.8. The SMILES string of the molecule is CC(C)(C)OC(=O)NC1=C(C(=O)O)C=CC(c2ccc3c(c2)C(O)(c2nccn2COCC[Si](C)(C)C)CCC3(C)C)C1=C=O. The number of fused-ring (bicyclic) bond motifs is 1. The first kappa shape index (κ1) is 34.1. The molecule has 1 heterocycles. The molecule has 0 spiro atoms. The summed E-state index contributed by atoms with van der Waals surface area (Å²) in [5.41, 5.74) is -0.830. The summed E-state index contributed by atoms with van der Waals surface area (Å²) < 4.78 is 13.2. The minimum Gasteiger partial charge on any atom is -0.478 e. The van der Waals surface area contributed by atoms with Crippen LogP contribution in [0.2, 0.25) is 25.7 Å². The molecule has 1 amide bonds. The average molecular weight is 636 g/mol. The molecule has 2 aromatic rings. The van der Waals surface area contributed by atoms with Gasteiger partial charge in [0.05, 0.1) is 16.8 Å². The van der Waals surface area contributed by atoms with Gasteiger partial charge in [0, 0.05) is 33.0 Å². The molecule has 10 nitrogen and oxygen atoms in total. The van der Waals surface area contributed by atoms with Crippen LogP contribution in [0.15, 0.2) is 59.6 Å². The van der Waals surface area contributed by atoms with Crippen molar-refractivity contribution in [2.45, 2.75) is 102 Å². The first-order valence-electron chi connectivity index (χ1n) is 15.2. The number of aliphatic hydroxyl groups is 1. The molecule has 242 valence electrons. The molecule has 2 aliphatic carbocycles. The van der Waals surface area contributed by atoms with Gasteiger partial charge in [-0.05, 0) is 67.8 Å². The number of allylic oxidation sites excluding steroid dienone is 2. The van der Waals surface area contributed by atoms with E-state index in [0.717, 1.165) is 11.6 Å². The first-order chi connectivity index (χ1) is 20.9. The third-order valence-electron chi connectivity index (χ3n) is 8.27. The van der Waals surface area contributed by atoms with Crippen LogP contribution in [0.4, 0.5) is 4.79 Å². The van der Waals surface area contributed by atoms with Gasteiger partial charge in [-0.2, -0.15) is 0 Å². The normalized spacial score (nSPS) is 21.3. The Labute approximate surface area is 265 Å². The number of nitrogens with one attached hydrogen (secondary N) is 1. The number of benzene rings is 1. The van der Waals surface area contributed by atoms with E-state index in [1.54, 1.807) is 39.2 Å². The maximum Gasteiger partial charge on any atom is 0.412 e. The molecule has 0 radical (unpaired) electrons. The smallest absolute Gasteiger partial charge is 0.412 e. The molecular weight excluding hydrogens is 590 g/mol. The van der Waals surface area contributed by atoms with Crippen LogP contribution in [0.3, 0.4) is 0 Å². The number of alkyl carbamates (subject to hydrolysis) is 1. The van der Waals surface area contributed by atoms with Crippen LogP contribution in [0.1, 0.15) is 75.9 Å². The Morgan fingerprint density at radius 1 is 1.18 bits per heavy atom. The van der Waals surface area contributed by atoms with Crippen molar-refractivity contribution in [1.29, 1.82) is 0 Å². The molecule has 11 heteroatoms. The quantitative estimate of drug-likeness (QED) is 0.179. The predicted molar refractivity (Wildman–Crippen MR) is 173 cm³/mol. The Balaban J connectivity index is 1.74. The van der Waals surface area contributed by atoms with E-state index in [9.17, 15) is 24.6 Å². The summed E-state index contributed by atoms with van der Waals surface area (Å²) in [6.45, 7) is 17.0. The number of rotatable bonds is 9. The van der Waals surface area contributed by atoms with E-state index in [-0.39, 0.29) is 29.0 Å². The molecule has 2 aliphatic rings. The maximum absolute atomic E-state index is 12.7. The molecule has 0 fully saturated rings. The number of carbonyl (C=O) groups excluding carboxylic acids is 2. The molecular formula is C34H45N3O7Si. The number of ether oxygens (including phenoxy) is 2. The number of carboxylic acid groups (broad SMARTS) is 1. The highest BCUT2D eigenvalue weighted by Gasteiger charge is 2.46. The lowest BCUT2D eigenvalue weighted by Gasteiger charge is -2.42. The fraction of sp³-hybridized carbons (Fsp3) is 0.500. The van der Waals surface area contributed by atoms with Gasteiger partial charge in [0.2, 0.25) is 0 Å². The molecule has 0 saturated carbocycles. The van der Waals surface area contributed by atoms with Gasteiger partial charge in [-0.3, -0.25) is 5.32 Å². The highest BCUT2D eigenvalue weighted by Crippen LogP contribution is 2.49. The molecule has 1 aromatic carbocycles. The van der Waals surface area contributed by atoms with Crippen LogP contribution >= 0.6 is 0 Å². The van der Waals surface area contributed by atoms with E-state index >= 15 is 0 Å². The van der Waals surface area contributed by atoms with Gasteiger partial charge in [-0.1, -0.05) is 57.8 Å². The molecule has 0 aliphatic heterocycles. The van der Waals surface area contributed by atoms with Gasteiger partial charge < -0.3 is 24.3 Å². The lowest BCUT2D eigenvalue weighted by atomic mass is 9.65. The lowest BCUT2D eigenvalue weighted by Crippen LogP contribution is -2.41. The average Bonchev–Trinajstić information content (AvgIpc) is 3.40. The van der Waals surface area contributed by atoms with E-state index in [4.69, 9.17) is 9.47 Å². The second-order valence-corrected chi connectivity index (χ2v) is 20.3. The number of imidazole rings is 1. The van der Waals surface area contributed by atoms with Crippen LogP contribution < -0.4 is 5.32 Å². The second-order valence-electron chi connectivity index (χ2n) is 14.7. The van der Waals surface area contributed by atoms with Crippen molar-refractivity contribution in [2.75, 3.05) is 6.61 Å². The van der Waals surface area contributed by atoms with Gasteiger partial charge in [0.1, 0.15) is 29.7 Å². The molecule has 2 unspecified atom stereocenters. The molecule has 4 rings (SSSR count). The van der Waals surface area contributed by atoms with E-state index < -0.39 is 37.3 Å². The van der Waals surface area contributed by atoms with E-state index in [1.165, 1.54) is 6.08 Å². The standard InChI is InChI=1S/C34H45N3O7Si/c1-32(2,3)44-31(41)36-28-24(29(39)40)11-10-23(25(28)20-38)22-9-12-26-27(19-22)34(42,14-13-33(26,4)5)30-35-15-16-37(30)21-43-17-18-45(6,7)8/h9-12,15-16,19,23,42H,13-14,17-18,21H2,1-8H3,(H,36,41)(H,39,40). The maximum atomic E-state index is 12.7. The zero-order valence-electron chi connectivity index (χ0n) is 27.5. The number of aromatic nitrogens is 2. The minimum absolute atomic E-state index is 0.0587. The van der Waals surface area contributed by atoms with Crippen molar-refractivity contribution in [1.82, 2.24) is 14.9 Å². The van der Waals surface area contributed by atoms with Crippen LogP contribution in [0.25, 0.3) is 0 Å². The summed E-state index contributed by atoms with van der Waals surface area (Å²) in [7, 11) is -1.27. The summed E-state index contributed by atoms with van der Waals surface area (Å²) in [5, 5.41) is 24.8. The molecule has 0 saturated heterocycles. The molecule has 3 N–H and O–H groups in total. The van der Waals surface area contributed by atoms with E-state index in [0.29, 0.717) is 36.4 Å². The van der Waals surface area contributed by atoms with Gasteiger partial charge in [0.15, 0.2) is 0 Å². The van der Waals surface area contributed by atoms with Crippen LogP contribution in [-0.2, 0) is 36.8 Å². The van der Waals surface area contributed by atoms with Crippen molar-refractivity contribution in [2.24, 2.45) is 0 Å². The number of carbonyl (C=O) groups is 2. The number of amides is 1. The Kier molecular flexibility index (Phi) is 9.52. The Morgan fingerprint density at radius 3 is 2.51 bits per heavy atom. The third-order valence-corrected chi connectivity index (χ3v) is 9.98. The van der Waals surface area contributed by atoms with Crippen molar-refractivity contribution in [3.8, 4) is 0 Å². The van der Waals surface area contributed by atoms with Crippen LogP contribution in [-0.4, -0.2) is 58.0 Å². The van der Waals surface area contributed by atoms with Gasteiger partial charge in [-0.15, -0.1) is 0 Å². The van der Waals surface area contributed by atoms with Crippen LogP contribution in [0.5, 0.6) is 0 Å². The van der Waals surface area contributed by atoms with Crippen molar-refractivity contribution < 1.29 is 34.1 Å². The van der Waals surface area contributed by atoms with Crippen molar-refractivity contribution in [3.63, 3.8) is 0 Å².